The van der Waals surface area contributed by atoms with Crippen molar-refractivity contribution in [3.05, 3.63) is 54.2 Å². The van der Waals surface area contributed by atoms with Crippen molar-refractivity contribution < 1.29 is 13.6 Å². The Hall–Kier alpha value is -1.55. The first kappa shape index (κ1) is 11.0. The molecule has 0 aliphatic heterocycles. The topological polar surface area (TPSA) is 30.2 Å². The lowest BCUT2D eigenvalue weighted by Crippen LogP contribution is -2.00. The van der Waals surface area contributed by atoms with Gasteiger partial charge >= 0.3 is 0 Å². The maximum Gasteiger partial charge on any atom is 0.208 e. The van der Waals surface area contributed by atoms with Gasteiger partial charge in [0.1, 0.15) is 5.82 Å². The van der Waals surface area contributed by atoms with Crippen molar-refractivity contribution in [1.29, 1.82) is 0 Å². The number of ketones is 1. The van der Waals surface area contributed by atoms with Crippen LogP contribution in [0.3, 0.4) is 0 Å². The molecule has 2 rings (SSSR count). The standard InChI is InChI=1S/C12H9FO2S/c13-9-3-1-4-10(7-9)16-8-11(14)12-5-2-6-15-12/h1-7H,8H2. The quantitative estimate of drug-likeness (QED) is 0.602. The summed E-state index contributed by atoms with van der Waals surface area (Å²) in [5, 5.41) is 0. The fourth-order valence-electron chi connectivity index (χ4n) is 1.21. The van der Waals surface area contributed by atoms with E-state index in [1.165, 1.54) is 30.2 Å². The molecule has 0 aliphatic rings. The molecular weight excluding hydrogens is 227 g/mol. The van der Waals surface area contributed by atoms with E-state index in [9.17, 15) is 9.18 Å². The predicted molar refractivity (Wildman–Crippen MR) is 60.2 cm³/mol. The van der Waals surface area contributed by atoms with Gasteiger partial charge in [-0.2, -0.15) is 0 Å². The Balaban J connectivity index is 1.95. The Morgan fingerprint density at radius 1 is 1.31 bits per heavy atom. The second-order valence-corrected chi connectivity index (χ2v) is 4.20. The minimum absolute atomic E-state index is 0.0979. The third kappa shape index (κ3) is 2.73. The Kier molecular flexibility index (Phi) is 3.41. The first-order chi connectivity index (χ1) is 7.75. The van der Waals surface area contributed by atoms with Crippen molar-refractivity contribution in [3.8, 4) is 0 Å². The molecule has 1 heterocycles. The summed E-state index contributed by atoms with van der Waals surface area (Å²) in [5.74, 6) is 0.190. The fraction of sp³-hybridized carbons (Fsp3) is 0.0833. The molecule has 0 atom stereocenters. The minimum atomic E-state index is -0.296. The zero-order valence-corrected chi connectivity index (χ0v) is 9.17. The summed E-state index contributed by atoms with van der Waals surface area (Å²) in [6.45, 7) is 0. The highest BCUT2D eigenvalue weighted by molar-refractivity contribution is 8.00. The number of carbonyl (C=O) groups excluding carboxylic acids is 1. The number of thioether (sulfide) groups is 1. The van der Waals surface area contributed by atoms with Crippen molar-refractivity contribution >= 4 is 17.5 Å². The monoisotopic (exact) mass is 236 g/mol. The van der Waals surface area contributed by atoms with Gasteiger partial charge in [-0.3, -0.25) is 4.79 Å². The zero-order chi connectivity index (χ0) is 11.4. The molecule has 1 aromatic carbocycles. The molecule has 2 aromatic rings. The molecule has 16 heavy (non-hydrogen) atoms. The van der Waals surface area contributed by atoms with Gasteiger partial charge in [0, 0.05) is 4.90 Å². The maximum atomic E-state index is 12.8. The van der Waals surface area contributed by atoms with Crippen LogP contribution in [-0.2, 0) is 0 Å². The number of hydrogen-bond acceptors (Lipinski definition) is 3. The summed E-state index contributed by atoms with van der Waals surface area (Å²) < 4.78 is 17.8. The molecule has 0 unspecified atom stereocenters. The van der Waals surface area contributed by atoms with Gasteiger partial charge in [-0.05, 0) is 30.3 Å². The van der Waals surface area contributed by atoms with E-state index in [4.69, 9.17) is 4.42 Å². The third-order valence-electron chi connectivity index (χ3n) is 1.96. The molecule has 0 saturated carbocycles. The van der Waals surface area contributed by atoms with Gasteiger partial charge < -0.3 is 4.42 Å². The normalized spacial score (nSPS) is 10.3. The summed E-state index contributed by atoms with van der Waals surface area (Å²) in [4.78, 5) is 12.3. The highest BCUT2D eigenvalue weighted by atomic mass is 32.2. The largest absolute Gasteiger partial charge is 0.461 e. The lowest BCUT2D eigenvalue weighted by molar-refractivity contribution is 0.0992. The molecule has 2 nitrogen and oxygen atoms in total. The molecule has 4 heteroatoms. The average Bonchev–Trinajstić information content (AvgIpc) is 2.79. The van der Waals surface area contributed by atoms with E-state index in [0.717, 1.165) is 4.90 Å². The van der Waals surface area contributed by atoms with E-state index >= 15 is 0 Å². The fourth-order valence-corrected chi connectivity index (χ4v) is 2.02. The first-order valence-corrected chi connectivity index (χ1v) is 5.69. The number of halogens is 1. The van der Waals surface area contributed by atoms with E-state index in [1.54, 1.807) is 24.3 Å². The molecular formula is C12H9FO2S. The van der Waals surface area contributed by atoms with Crippen LogP contribution in [0.2, 0.25) is 0 Å². The Bertz CT molecular complexity index is 480. The van der Waals surface area contributed by atoms with E-state index in [1.807, 2.05) is 0 Å². The molecule has 0 spiro atoms. The Morgan fingerprint density at radius 3 is 2.88 bits per heavy atom. The number of carbonyl (C=O) groups is 1. The van der Waals surface area contributed by atoms with Crippen LogP contribution in [0.5, 0.6) is 0 Å². The van der Waals surface area contributed by atoms with Gasteiger partial charge in [0.15, 0.2) is 5.76 Å². The second kappa shape index (κ2) is 4.99. The summed E-state index contributed by atoms with van der Waals surface area (Å²) in [7, 11) is 0. The van der Waals surface area contributed by atoms with Crippen LogP contribution in [0, 0.1) is 5.82 Å². The van der Waals surface area contributed by atoms with Gasteiger partial charge in [0.25, 0.3) is 0 Å². The van der Waals surface area contributed by atoms with Crippen LogP contribution >= 0.6 is 11.8 Å². The minimum Gasteiger partial charge on any atom is -0.461 e. The van der Waals surface area contributed by atoms with E-state index in [2.05, 4.69) is 0 Å². The Labute approximate surface area is 96.5 Å². The van der Waals surface area contributed by atoms with Crippen LogP contribution in [0.4, 0.5) is 4.39 Å². The van der Waals surface area contributed by atoms with Crippen molar-refractivity contribution in [2.24, 2.45) is 0 Å². The molecule has 0 N–H and O–H groups in total. The predicted octanol–water partition coefficient (Wildman–Crippen LogP) is 3.39. The summed E-state index contributed by atoms with van der Waals surface area (Å²) in [6, 6.07) is 9.45. The number of hydrogen-bond donors (Lipinski definition) is 0. The van der Waals surface area contributed by atoms with E-state index < -0.39 is 0 Å². The highest BCUT2D eigenvalue weighted by Crippen LogP contribution is 2.19. The lowest BCUT2D eigenvalue weighted by atomic mass is 10.3. The molecule has 0 saturated heterocycles. The maximum absolute atomic E-state index is 12.8. The SMILES string of the molecule is O=C(CSc1cccc(F)c1)c1ccco1. The molecule has 82 valence electrons. The Morgan fingerprint density at radius 2 is 2.19 bits per heavy atom. The van der Waals surface area contributed by atoms with Crippen LogP contribution in [-0.4, -0.2) is 11.5 Å². The number of rotatable bonds is 4. The number of benzene rings is 1. The average molecular weight is 236 g/mol. The third-order valence-corrected chi connectivity index (χ3v) is 2.96. The molecule has 0 aliphatic carbocycles. The molecule has 0 fully saturated rings. The van der Waals surface area contributed by atoms with Crippen LogP contribution in [0.1, 0.15) is 10.6 Å². The van der Waals surface area contributed by atoms with Gasteiger partial charge in [0.2, 0.25) is 5.78 Å². The molecule has 0 amide bonds. The smallest absolute Gasteiger partial charge is 0.208 e. The van der Waals surface area contributed by atoms with Crippen LogP contribution in [0.25, 0.3) is 0 Å². The van der Waals surface area contributed by atoms with Gasteiger partial charge in [-0.15, -0.1) is 11.8 Å². The second-order valence-electron chi connectivity index (χ2n) is 3.15. The summed E-state index contributed by atoms with van der Waals surface area (Å²) in [5.41, 5.74) is 0. The highest BCUT2D eigenvalue weighted by Gasteiger charge is 2.09. The lowest BCUT2D eigenvalue weighted by Gasteiger charge is -1.99. The number of Topliss-reactive ketones (excluding diaryl/α,β-unsaturated/α-hetero) is 1. The van der Waals surface area contributed by atoms with Gasteiger partial charge in [-0.25, -0.2) is 4.39 Å². The van der Waals surface area contributed by atoms with Crippen LogP contribution in [0.15, 0.2) is 52.0 Å². The van der Waals surface area contributed by atoms with Gasteiger partial charge in [-0.1, -0.05) is 6.07 Å². The molecule has 0 bridgehead atoms. The number of furan rings is 1. The van der Waals surface area contributed by atoms with Gasteiger partial charge in [0.05, 0.1) is 12.0 Å². The summed E-state index contributed by atoms with van der Waals surface area (Å²) in [6.07, 6.45) is 1.46. The van der Waals surface area contributed by atoms with E-state index in [0.29, 0.717) is 5.76 Å². The summed E-state index contributed by atoms with van der Waals surface area (Å²) >= 11 is 1.29. The molecule has 0 radical (unpaired) electrons. The van der Waals surface area contributed by atoms with E-state index in [-0.39, 0.29) is 17.4 Å². The van der Waals surface area contributed by atoms with Crippen molar-refractivity contribution in [2.45, 2.75) is 4.90 Å². The van der Waals surface area contributed by atoms with Crippen molar-refractivity contribution in [2.75, 3.05) is 5.75 Å². The van der Waals surface area contributed by atoms with Crippen molar-refractivity contribution in [3.63, 3.8) is 0 Å². The van der Waals surface area contributed by atoms with Crippen LogP contribution < -0.4 is 0 Å². The zero-order valence-electron chi connectivity index (χ0n) is 8.35. The molecule has 1 aromatic heterocycles. The first-order valence-electron chi connectivity index (χ1n) is 4.71. The van der Waals surface area contributed by atoms with Crippen molar-refractivity contribution in [1.82, 2.24) is 0 Å².